The van der Waals surface area contributed by atoms with E-state index >= 15 is 0 Å². The Balaban J connectivity index is 1.48. The largest absolute Gasteiger partial charge is 0.493 e. The van der Waals surface area contributed by atoms with Gasteiger partial charge in [-0.1, -0.05) is 72.0 Å². The molecule has 4 rings (SSSR count). The quantitative estimate of drug-likeness (QED) is 0.235. The first-order chi connectivity index (χ1) is 17.5. The van der Waals surface area contributed by atoms with Gasteiger partial charge in [0.25, 0.3) is 5.91 Å². The molecule has 0 spiro atoms. The lowest BCUT2D eigenvalue weighted by Gasteiger charge is -2.16. The summed E-state index contributed by atoms with van der Waals surface area (Å²) in [6.07, 6.45) is 1.71. The molecule has 1 fully saturated rings. The molecule has 0 aromatic heterocycles. The predicted molar refractivity (Wildman–Crippen MR) is 147 cm³/mol. The first-order valence-electron chi connectivity index (χ1n) is 11.1. The topological polar surface area (TPSA) is 66.0 Å². The molecule has 9 heteroatoms. The summed E-state index contributed by atoms with van der Waals surface area (Å²) >= 11 is 12.8. The number of thioether (sulfide) groups is 1. The number of ether oxygens (including phenoxy) is 4. The Hall–Kier alpha value is -3.20. The van der Waals surface area contributed by atoms with Gasteiger partial charge in [-0.15, -0.1) is 0 Å². The van der Waals surface area contributed by atoms with Crippen molar-refractivity contribution in [3.05, 3.63) is 87.3 Å². The summed E-state index contributed by atoms with van der Waals surface area (Å²) < 4.78 is 23.7. The van der Waals surface area contributed by atoms with Crippen molar-refractivity contribution in [2.75, 3.05) is 13.7 Å². The zero-order valence-corrected chi connectivity index (χ0v) is 22.1. The van der Waals surface area contributed by atoms with Crippen LogP contribution in [0.4, 0.5) is 0 Å². The maximum absolute atomic E-state index is 12.0. The minimum absolute atomic E-state index is 0.235. The summed E-state index contributed by atoms with van der Waals surface area (Å²) in [4.78, 5) is 12.5. The Morgan fingerprint density at radius 3 is 2.42 bits per heavy atom. The molecule has 0 radical (unpaired) electrons. The van der Waals surface area contributed by atoms with E-state index in [4.69, 9.17) is 42.8 Å². The lowest BCUT2D eigenvalue weighted by atomic mass is 10.1. The van der Waals surface area contributed by atoms with E-state index in [1.54, 1.807) is 18.2 Å². The molecule has 1 heterocycles. The first-order valence-corrected chi connectivity index (χ1v) is 12.7. The number of halogens is 1. The highest BCUT2D eigenvalue weighted by atomic mass is 35.5. The van der Waals surface area contributed by atoms with Crippen LogP contribution in [0, 0.1) is 0 Å². The number of methoxy groups -OCH3 is 1. The fourth-order valence-corrected chi connectivity index (χ4v) is 4.77. The molecule has 1 amide bonds. The van der Waals surface area contributed by atoms with Crippen molar-refractivity contribution >= 4 is 51.9 Å². The molecule has 1 aliphatic rings. The fourth-order valence-electron chi connectivity index (χ4n) is 3.46. The summed E-state index contributed by atoms with van der Waals surface area (Å²) in [5, 5.41) is 2.95. The van der Waals surface area contributed by atoms with Crippen molar-refractivity contribution in [2.45, 2.75) is 20.1 Å². The minimum atomic E-state index is -0.235. The average Bonchev–Trinajstić information content (AvgIpc) is 3.19. The van der Waals surface area contributed by atoms with Crippen molar-refractivity contribution in [2.24, 2.45) is 0 Å². The molecule has 0 bridgehead atoms. The molecule has 3 aromatic rings. The van der Waals surface area contributed by atoms with E-state index in [0.29, 0.717) is 56.0 Å². The molecular weight excluding hydrogens is 518 g/mol. The van der Waals surface area contributed by atoms with Gasteiger partial charge in [-0.05, 0) is 54.0 Å². The summed E-state index contributed by atoms with van der Waals surface area (Å²) in [6.45, 7) is 3.11. The molecule has 1 N–H and O–H groups in total. The van der Waals surface area contributed by atoms with Crippen LogP contribution < -0.4 is 24.3 Å². The van der Waals surface area contributed by atoms with E-state index < -0.39 is 0 Å². The van der Waals surface area contributed by atoms with Crippen LogP contribution in [0.1, 0.15) is 23.6 Å². The molecule has 186 valence electrons. The number of amides is 1. The molecule has 0 aliphatic carbocycles. The molecular formula is C27H24ClNO5S2. The van der Waals surface area contributed by atoms with Gasteiger partial charge in [-0.25, -0.2) is 0 Å². The summed E-state index contributed by atoms with van der Waals surface area (Å²) in [5.41, 5.74) is 2.65. The molecule has 0 unspecified atom stereocenters. The van der Waals surface area contributed by atoms with Crippen LogP contribution in [0.15, 0.2) is 65.6 Å². The highest BCUT2D eigenvalue weighted by Gasteiger charge is 2.22. The number of carbonyl (C=O) groups excluding carboxylic acids is 1. The van der Waals surface area contributed by atoms with E-state index in [9.17, 15) is 4.79 Å². The van der Waals surface area contributed by atoms with Gasteiger partial charge in [0, 0.05) is 0 Å². The fraction of sp³-hybridized carbons (Fsp3) is 0.185. The van der Waals surface area contributed by atoms with Crippen molar-refractivity contribution in [3.8, 4) is 23.0 Å². The van der Waals surface area contributed by atoms with Gasteiger partial charge in [0.15, 0.2) is 23.0 Å². The first kappa shape index (κ1) is 25.9. The highest BCUT2D eigenvalue weighted by molar-refractivity contribution is 8.26. The molecule has 0 atom stereocenters. The third kappa shape index (κ3) is 6.51. The Morgan fingerprint density at radius 2 is 1.72 bits per heavy atom. The number of hydrogen-bond donors (Lipinski definition) is 1. The second-order valence-corrected chi connectivity index (χ2v) is 9.79. The van der Waals surface area contributed by atoms with Gasteiger partial charge in [0.1, 0.15) is 17.5 Å². The summed E-state index contributed by atoms with van der Waals surface area (Å²) in [7, 11) is 1.54. The van der Waals surface area contributed by atoms with Gasteiger partial charge < -0.3 is 24.3 Å². The molecule has 1 aliphatic heterocycles. The van der Waals surface area contributed by atoms with E-state index in [-0.39, 0.29) is 12.5 Å². The van der Waals surface area contributed by atoms with Crippen LogP contribution in [0.5, 0.6) is 23.0 Å². The number of nitrogens with one attached hydrogen (secondary N) is 1. The van der Waals surface area contributed by atoms with E-state index in [1.807, 2.05) is 55.5 Å². The van der Waals surface area contributed by atoms with Gasteiger partial charge in [-0.3, -0.25) is 4.79 Å². The predicted octanol–water partition coefficient (Wildman–Crippen LogP) is 6.39. The van der Waals surface area contributed by atoms with Crippen molar-refractivity contribution < 1.29 is 23.7 Å². The monoisotopic (exact) mass is 541 g/mol. The number of benzene rings is 3. The number of rotatable bonds is 10. The Bertz CT molecular complexity index is 1300. The van der Waals surface area contributed by atoms with Crippen LogP contribution in [-0.4, -0.2) is 23.9 Å². The van der Waals surface area contributed by atoms with Crippen molar-refractivity contribution in [3.63, 3.8) is 0 Å². The minimum Gasteiger partial charge on any atom is -0.493 e. The van der Waals surface area contributed by atoms with Gasteiger partial charge >= 0.3 is 0 Å². The Morgan fingerprint density at radius 1 is 0.944 bits per heavy atom. The maximum Gasteiger partial charge on any atom is 0.263 e. The third-order valence-electron chi connectivity index (χ3n) is 5.12. The lowest BCUT2D eigenvalue weighted by molar-refractivity contribution is -0.115. The molecule has 1 saturated heterocycles. The maximum atomic E-state index is 12.0. The zero-order valence-electron chi connectivity index (χ0n) is 19.7. The van der Waals surface area contributed by atoms with Crippen molar-refractivity contribution in [1.29, 1.82) is 0 Å². The standard InChI is InChI=1S/C27H24ClNO5S2/c1-3-32-22-12-18(9-10-21(22)33-15-17-7-5-4-6-8-17)16-34-25-20(28)11-19(13-23(25)31-2)14-24-26(30)29-27(35)36-24/h4-14H,3,15-16H2,1-2H3,(H,29,30,35)/b24-14+. The zero-order chi connectivity index (χ0) is 25.5. The van der Waals surface area contributed by atoms with E-state index in [2.05, 4.69) is 5.32 Å². The number of hydrogen-bond acceptors (Lipinski definition) is 7. The molecule has 36 heavy (non-hydrogen) atoms. The van der Waals surface area contributed by atoms with E-state index in [1.165, 1.54) is 18.9 Å². The molecule has 0 saturated carbocycles. The van der Waals surface area contributed by atoms with Gasteiger partial charge in [-0.2, -0.15) is 0 Å². The highest BCUT2D eigenvalue weighted by Crippen LogP contribution is 2.39. The molecule has 6 nitrogen and oxygen atoms in total. The van der Waals surface area contributed by atoms with E-state index in [0.717, 1.165) is 11.1 Å². The summed E-state index contributed by atoms with van der Waals surface area (Å²) in [5.74, 6) is 1.92. The lowest BCUT2D eigenvalue weighted by Crippen LogP contribution is -2.17. The summed E-state index contributed by atoms with van der Waals surface area (Å²) in [6, 6.07) is 19.1. The Kier molecular flexibility index (Phi) is 8.74. The number of thiocarbonyl (C=S) groups is 1. The smallest absolute Gasteiger partial charge is 0.263 e. The van der Waals surface area contributed by atoms with Crippen LogP contribution >= 0.6 is 35.6 Å². The second-order valence-electron chi connectivity index (χ2n) is 7.66. The third-order valence-corrected chi connectivity index (χ3v) is 6.56. The number of carbonyl (C=O) groups is 1. The SMILES string of the molecule is CCOc1cc(COc2c(Cl)cc(/C=C3/SC(=S)NC3=O)cc2OC)ccc1OCc1ccccc1. The van der Waals surface area contributed by atoms with Crippen LogP contribution in [-0.2, 0) is 18.0 Å². The van der Waals surface area contributed by atoms with Gasteiger partial charge in [0.05, 0.1) is 23.6 Å². The second kappa shape index (κ2) is 12.2. The average molecular weight is 542 g/mol. The van der Waals surface area contributed by atoms with Gasteiger partial charge in [0.2, 0.25) is 0 Å². The van der Waals surface area contributed by atoms with Crippen LogP contribution in [0.3, 0.4) is 0 Å². The normalized spacial score (nSPS) is 14.0. The van der Waals surface area contributed by atoms with Crippen LogP contribution in [0.25, 0.3) is 6.08 Å². The van der Waals surface area contributed by atoms with Crippen molar-refractivity contribution in [1.82, 2.24) is 5.32 Å². The molecule has 3 aromatic carbocycles. The Labute approximate surface area is 224 Å². The van der Waals surface area contributed by atoms with Crippen LogP contribution in [0.2, 0.25) is 5.02 Å².